The van der Waals surface area contributed by atoms with E-state index in [1.54, 1.807) is 10.7 Å². The van der Waals surface area contributed by atoms with Gasteiger partial charge < -0.3 is 14.7 Å². The maximum Gasteiger partial charge on any atom is 0.184 e. The molecule has 11 heteroatoms. The molecular weight excluding hydrogens is 583 g/mol. The molecule has 0 atom stereocenters. The van der Waals surface area contributed by atoms with Gasteiger partial charge in [-0.05, 0) is 59.2 Å². The maximum absolute atomic E-state index is 9.83. The van der Waals surface area contributed by atoms with Crippen LogP contribution >= 0.6 is 34.8 Å². The molecule has 3 aromatic carbocycles. The van der Waals surface area contributed by atoms with Crippen molar-refractivity contribution in [2.24, 2.45) is 0 Å². The Hall–Kier alpha value is -3.14. The molecule has 0 radical (unpaired) electrons. The Bertz CT molecular complexity index is 1700. The van der Waals surface area contributed by atoms with Crippen molar-refractivity contribution in [1.82, 2.24) is 24.8 Å². The summed E-state index contributed by atoms with van der Waals surface area (Å²) in [6, 6.07) is 17.8. The second-order valence-electron chi connectivity index (χ2n) is 10.8. The molecule has 1 aliphatic rings. The Morgan fingerprint density at radius 3 is 2.34 bits per heavy atom. The molecule has 1 fully saturated rings. The van der Waals surface area contributed by atoms with E-state index in [-0.39, 0.29) is 6.61 Å². The average molecular weight is 612 g/mol. The van der Waals surface area contributed by atoms with Crippen LogP contribution in [0.2, 0.25) is 15.1 Å². The van der Waals surface area contributed by atoms with Crippen LogP contribution in [0.4, 0.5) is 5.69 Å². The zero-order valence-corrected chi connectivity index (χ0v) is 25.0. The first-order valence-electron chi connectivity index (χ1n) is 13.3. The van der Waals surface area contributed by atoms with E-state index in [0.29, 0.717) is 46.3 Å². The highest BCUT2D eigenvalue weighted by Crippen LogP contribution is 2.34. The fraction of sp³-hybridized carbons (Fsp3) is 0.300. The van der Waals surface area contributed by atoms with Crippen LogP contribution in [0.3, 0.4) is 0 Å². The van der Waals surface area contributed by atoms with E-state index in [2.05, 4.69) is 39.5 Å². The number of hydrogen-bond donors (Lipinski definition) is 1. The van der Waals surface area contributed by atoms with Gasteiger partial charge in [0.1, 0.15) is 0 Å². The van der Waals surface area contributed by atoms with E-state index >= 15 is 0 Å². The van der Waals surface area contributed by atoms with Crippen LogP contribution in [-0.2, 0) is 16.7 Å². The minimum absolute atomic E-state index is 0.0490. The number of rotatable bonds is 7. The molecule has 41 heavy (non-hydrogen) atoms. The highest BCUT2D eigenvalue weighted by atomic mass is 35.5. The highest BCUT2D eigenvalue weighted by Gasteiger charge is 2.25. The summed E-state index contributed by atoms with van der Waals surface area (Å²) in [5, 5.41) is 26.2. The molecule has 0 unspecified atom stereocenters. The molecule has 2 aromatic heterocycles. The van der Waals surface area contributed by atoms with Crippen molar-refractivity contribution in [2.75, 3.05) is 37.8 Å². The number of ether oxygens (including phenoxy) is 1. The van der Waals surface area contributed by atoms with E-state index in [9.17, 15) is 5.11 Å². The second kappa shape index (κ2) is 11.3. The van der Waals surface area contributed by atoms with Crippen molar-refractivity contribution >= 4 is 51.4 Å². The van der Waals surface area contributed by atoms with Crippen LogP contribution in [0.15, 0.2) is 60.8 Å². The lowest BCUT2D eigenvalue weighted by molar-refractivity contribution is 0.122. The number of fused-ring (bicyclic) bond motifs is 1. The predicted molar refractivity (Wildman–Crippen MR) is 164 cm³/mol. The maximum atomic E-state index is 9.83. The Labute approximate surface area is 253 Å². The van der Waals surface area contributed by atoms with Gasteiger partial charge in [-0.1, -0.05) is 66.0 Å². The van der Waals surface area contributed by atoms with E-state index in [1.807, 2.05) is 49.0 Å². The minimum Gasteiger partial charge on any atom is -0.395 e. The van der Waals surface area contributed by atoms with Gasteiger partial charge in [0.2, 0.25) is 0 Å². The summed E-state index contributed by atoms with van der Waals surface area (Å²) in [5.74, 6) is 0.632. The van der Waals surface area contributed by atoms with Gasteiger partial charge in [0.25, 0.3) is 0 Å². The van der Waals surface area contributed by atoms with Crippen LogP contribution in [0, 0.1) is 0 Å². The van der Waals surface area contributed by atoms with Crippen molar-refractivity contribution in [3.05, 3.63) is 87.1 Å². The third kappa shape index (κ3) is 5.67. The number of hydrogen-bond acceptors (Lipinski definition) is 6. The number of benzene rings is 3. The van der Waals surface area contributed by atoms with Gasteiger partial charge >= 0.3 is 0 Å². The van der Waals surface area contributed by atoms with Gasteiger partial charge in [0.05, 0.1) is 54.5 Å². The number of halogens is 3. The van der Waals surface area contributed by atoms with Gasteiger partial charge in [-0.25, -0.2) is 0 Å². The lowest BCUT2D eigenvalue weighted by Gasteiger charge is -2.29. The molecule has 0 amide bonds. The summed E-state index contributed by atoms with van der Waals surface area (Å²) in [6.45, 7) is 7.27. The van der Waals surface area contributed by atoms with Crippen molar-refractivity contribution in [1.29, 1.82) is 0 Å². The molecule has 5 aromatic rings. The largest absolute Gasteiger partial charge is 0.395 e. The molecule has 1 saturated heterocycles. The standard InChI is InChI=1S/C30H29Cl3N6O2/c1-30(2,18-40)28-17-39(36-34-28)29-24-5-3-21(20-4-6-26(25(33)13-20)37-7-9-41-10-8-37)14-27(24)38(35-29)16-19-11-22(31)15-23(32)12-19/h3-6,11-15,17,40H,7-10,16,18H2,1-2H3. The third-order valence-corrected chi connectivity index (χ3v) is 8.16. The topological polar surface area (TPSA) is 81.2 Å². The van der Waals surface area contributed by atoms with Gasteiger partial charge in [-0.3, -0.25) is 4.68 Å². The SMILES string of the molecule is CC(C)(CO)c1cn(-c2nn(Cc3cc(Cl)cc(Cl)c3)c3cc(-c4ccc(N5CCOCC5)c(Cl)c4)ccc23)nn1. The molecule has 1 aliphatic heterocycles. The molecule has 0 spiro atoms. The summed E-state index contributed by atoms with van der Waals surface area (Å²) in [6.07, 6.45) is 1.82. The van der Waals surface area contributed by atoms with Crippen LogP contribution in [0.5, 0.6) is 0 Å². The predicted octanol–water partition coefficient (Wildman–Crippen LogP) is 6.40. The summed E-state index contributed by atoms with van der Waals surface area (Å²) in [5.41, 5.74) is 4.98. The second-order valence-corrected chi connectivity index (χ2v) is 12.1. The van der Waals surface area contributed by atoms with Gasteiger partial charge in [-0.2, -0.15) is 9.78 Å². The summed E-state index contributed by atoms with van der Waals surface area (Å²) < 4.78 is 9.06. The summed E-state index contributed by atoms with van der Waals surface area (Å²) in [7, 11) is 0. The monoisotopic (exact) mass is 610 g/mol. The quantitative estimate of drug-likeness (QED) is 0.229. The minimum atomic E-state index is -0.534. The molecule has 3 heterocycles. The van der Waals surface area contributed by atoms with Crippen molar-refractivity contribution in [2.45, 2.75) is 25.8 Å². The summed E-state index contributed by atoms with van der Waals surface area (Å²) >= 11 is 19.4. The average Bonchev–Trinajstić information content (AvgIpc) is 3.59. The molecule has 212 valence electrons. The Kier molecular flexibility index (Phi) is 7.70. The molecule has 1 N–H and O–H groups in total. The molecule has 0 saturated carbocycles. The van der Waals surface area contributed by atoms with Crippen molar-refractivity contribution < 1.29 is 9.84 Å². The van der Waals surface area contributed by atoms with E-state index in [0.717, 1.165) is 46.4 Å². The number of aromatic nitrogens is 5. The molecule has 0 aliphatic carbocycles. The fourth-order valence-corrected chi connectivity index (χ4v) is 5.88. The number of aliphatic hydroxyl groups is 1. The van der Waals surface area contributed by atoms with E-state index in [1.165, 1.54) is 0 Å². The van der Waals surface area contributed by atoms with Crippen LogP contribution in [0.1, 0.15) is 25.1 Å². The Morgan fingerprint density at radius 2 is 1.63 bits per heavy atom. The third-order valence-electron chi connectivity index (χ3n) is 7.42. The van der Waals surface area contributed by atoms with E-state index < -0.39 is 5.41 Å². The van der Waals surface area contributed by atoms with Crippen molar-refractivity contribution in [3.8, 4) is 16.9 Å². The van der Waals surface area contributed by atoms with Crippen LogP contribution < -0.4 is 4.90 Å². The van der Waals surface area contributed by atoms with Crippen LogP contribution in [0.25, 0.3) is 27.8 Å². The zero-order chi connectivity index (χ0) is 28.7. The Balaban J connectivity index is 1.43. The lowest BCUT2D eigenvalue weighted by atomic mass is 9.91. The number of aliphatic hydroxyl groups excluding tert-OH is 1. The van der Waals surface area contributed by atoms with Gasteiger partial charge in [-0.15, -0.1) is 5.10 Å². The van der Waals surface area contributed by atoms with Crippen LogP contribution in [-0.4, -0.2) is 62.8 Å². The summed E-state index contributed by atoms with van der Waals surface area (Å²) in [4.78, 5) is 2.25. The first-order valence-corrected chi connectivity index (χ1v) is 14.5. The Morgan fingerprint density at radius 1 is 0.927 bits per heavy atom. The molecule has 0 bridgehead atoms. The molecule has 6 rings (SSSR count). The number of morpholine rings is 1. The fourth-order valence-electron chi connectivity index (χ4n) is 5.01. The first kappa shape index (κ1) is 28.0. The first-order chi connectivity index (χ1) is 19.7. The number of anilines is 1. The smallest absolute Gasteiger partial charge is 0.184 e. The number of nitrogens with zero attached hydrogens (tertiary/aromatic N) is 6. The van der Waals surface area contributed by atoms with Gasteiger partial charge in [0, 0.05) is 33.9 Å². The zero-order valence-electron chi connectivity index (χ0n) is 22.7. The van der Waals surface area contributed by atoms with E-state index in [4.69, 9.17) is 44.6 Å². The molecule has 8 nitrogen and oxygen atoms in total. The lowest BCUT2D eigenvalue weighted by Crippen LogP contribution is -2.36. The van der Waals surface area contributed by atoms with Gasteiger partial charge in [0.15, 0.2) is 5.82 Å². The normalized spacial score (nSPS) is 14.2. The molecular formula is C30H29Cl3N6O2. The highest BCUT2D eigenvalue weighted by molar-refractivity contribution is 6.34. The van der Waals surface area contributed by atoms with Crippen molar-refractivity contribution in [3.63, 3.8) is 0 Å².